The topological polar surface area (TPSA) is 41.1 Å². The van der Waals surface area contributed by atoms with Gasteiger partial charge in [0.2, 0.25) is 0 Å². The summed E-state index contributed by atoms with van der Waals surface area (Å²) < 4.78 is 0. The molecule has 2 rings (SSSR count). The fraction of sp³-hybridized carbons (Fsp3) is 0.188. The number of carbonyl (C=O) groups excluding carboxylic acids is 1. The first-order chi connectivity index (χ1) is 9.56. The van der Waals surface area contributed by atoms with Crippen LogP contribution >= 0.6 is 11.6 Å². The summed E-state index contributed by atoms with van der Waals surface area (Å²) in [6.07, 6.45) is 0. The number of hydrogen-bond acceptors (Lipinski definition) is 1. The number of carbonyl (C=O) groups is 1. The van der Waals surface area contributed by atoms with Crippen LogP contribution in [-0.2, 0) is 0 Å². The van der Waals surface area contributed by atoms with Crippen molar-refractivity contribution in [3.8, 4) is 0 Å². The third kappa shape index (κ3) is 3.75. The highest BCUT2D eigenvalue weighted by Crippen LogP contribution is 2.24. The van der Waals surface area contributed by atoms with E-state index >= 15 is 0 Å². The lowest BCUT2D eigenvalue weighted by atomic mass is 10.0. The molecule has 0 aliphatic carbocycles. The van der Waals surface area contributed by atoms with Gasteiger partial charge in [0.15, 0.2) is 0 Å². The predicted octanol–water partition coefficient (Wildman–Crippen LogP) is 5.11. The quantitative estimate of drug-likeness (QED) is 0.810. The van der Waals surface area contributed by atoms with Crippen molar-refractivity contribution in [2.24, 2.45) is 0 Å². The van der Waals surface area contributed by atoms with E-state index in [1.54, 1.807) is 24.3 Å². The van der Waals surface area contributed by atoms with Crippen LogP contribution in [0, 0.1) is 0 Å². The number of anilines is 2. The van der Waals surface area contributed by atoms with Crippen molar-refractivity contribution < 1.29 is 4.79 Å². The molecule has 0 saturated carbocycles. The van der Waals surface area contributed by atoms with Gasteiger partial charge in [-0.1, -0.05) is 49.7 Å². The van der Waals surface area contributed by atoms with Crippen molar-refractivity contribution in [3.05, 3.63) is 59.1 Å². The second-order valence-corrected chi connectivity index (χ2v) is 5.27. The zero-order valence-corrected chi connectivity index (χ0v) is 12.2. The molecule has 0 saturated heterocycles. The number of halogens is 1. The lowest BCUT2D eigenvalue weighted by Crippen LogP contribution is -2.20. The van der Waals surface area contributed by atoms with Crippen molar-refractivity contribution >= 4 is 29.0 Å². The highest BCUT2D eigenvalue weighted by Gasteiger charge is 2.09. The molecule has 0 aliphatic heterocycles. The van der Waals surface area contributed by atoms with E-state index in [-0.39, 0.29) is 6.03 Å². The summed E-state index contributed by atoms with van der Waals surface area (Å²) >= 11 is 5.88. The van der Waals surface area contributed by atoms with Gasteiger partial charge in [-0.3, -0.25) is 0 Å². The lowest BCUT2D eigenvalue weighted by molar-refractivity contribution is 0.262. The maximum Gasteiger partial charge on any atom is 0.323 e. The first-order valence-corrected chi connectivity index (χ1v) is 6.86. The molecule has 2 aromatic carbocycles. The number of nitrogens with one attached hydrogen (secondary N) is 2. The van der Waals surface area contributed by atoms with E-state index < -0.39 is 0 Å². The number of urea groups is 1. The molecule has 0 atom stereocenters. The number of hydrogen-bond donors (Lipinski definition) is 2. The average molecular weight is 289 g/mol. The molecule has 0 bridgehead atoms. The molecule has 20 heavy (non-hydrogen) atoms. The van der Waals surface area contributed by atoms with E-state index in [0.717, 1.165) is 11.3 Å². The van der Waals surface area contributed by atoms with Crippen LogP contribution in [0.3, 0.4) is 0 Å². The molecule has 2 N–H and O–H groups in total. The Hall–Kier alpha value is -2.00. The summed E-state index contributed by atoms with van der Waals surface area (Å²) in [7, 11) is 0. The maximum absolute atomic E-state index is 12.0. The van der Waals surface area contributed by atoms with Gasteiger partial charge in [-0.25, -0.2) is 4.79 Å². The smallest absolute Gasteiger partial charge is 0.308 e. The van der Waals surface area contributed by atoms with Gasteiger partial charge in [-0.2, -0.15) is 0 Å². The molecule has 2 amide bonds. The van der Waals surface area contributed by atoms with Crippen LogP contribution in [0.4, 0.5) is 16.2 Å². The van der Waals surface area contributed by atoms with Crippen LogP contribution in [-0.4, -0.2) is 6.03 Å². The number of amides is 2. The Kier molecular flexibility index (Phi) is 4.64. The van der Waals surface area contributed by atoms with E-state index in [1.807, 2.05) is 24.3 Å². The molecule has 0 fully saturated rings. The Morgan fingerprint density at radius 3 is 2.50 bits per heavy atom. The Morgan fingerprint density at radius 1 is 1.05 bits per heavy atom. The van der Waals surface area contributed by atoms with Crippen molar-refractivity contribution in [1.82, 2.24) is 0 Å². The molecule has 0 radical (unpaired) electrons. The minimum Gasteiger partial charge on any atom is -0.308 e. The standard InChI is InChI=1S/C16H17ClN2O/c1-11(2)14-8-3-4-9-15(14)19-16(20)18-13-7-5-6-12(17)10-13/h3-11H,1-2H3,(H2,18,19,20). The van der Waals surface area contributed by atoms with E-state index in [4.69, 9.17) is 11.6 Å². The summed E-state index contributed by atoms with van der Waals surface area (Å²) in [6.45, 7) is 4.19. The molecule has 0 unspecified atom stereocenters. The Labute approximate surface area is 124 Å². The average Bonchev–Trinajstić information content (AvgIpc) is 2.38. The largest absolute Gasteiger partial charge is 0.323 e. The highest BCUT2D eigenvalue weighted by molar-refractivity contribution is 6.30. The summed E-state index contributed by atoms with van der Waals surface area (Å²) in [5.74, 6) is 0.345. The molecule has 0 spiro atoms. The normalized spacial score (nSPS) is 10.4. The van der Waals surface area contributed by atoms with Gasteiger partial charge in [-0.05, 0) is 35.7 Å². The highest BCUT2D eigenvalue weighted by atomic mass is 35.5. The van der Waals surface area contributed by atoms with Crippen molar-refractivity contribution in [1.29, 1.82) is 0 Å². The van der Waals surface area contributed by atoms with Crippen LogP contribution in [0.1, 0.15) is 25.3 Å². The minimum absolute atomic E-state index is 0.277. The molecular formula is C16H17ClN2O. The van der Waals surface area contributed by atoms with Crippen molar-refractivity contribution in [2.75, 3.05) is 10.6 Å². The van der Waals surface area contributed by atoms with Crippen molar-refractivity contribution in [2.45, 2.75) is 19.8 Å². The summed E-state index contributed by atoms with van der Waals surface area (Å²) in [4.78, 5) is 12.0. The van der Waals surface area contributed by atoms with Gasteiger partial charge in [0.1, 0.15) is 0 Å². The predicted molar refractivity (Wildman–Crippen MR) is 84.6 cm³/mol. The van der Waals surface area contributed by atoms with Gasteiger partial charge in [0, 0.05) is 16.4 Å². The molecule has 0 aromatic heterocycles. The van der Waals surface area contributed by atoms with Gasteiger partial charge in [0.25, 0.3) is 0 Å². The van der Waals surface area contributed by atoms with E-state index in [2.05, 4.69) is 24.5 Å². The van der Waals surface area contributed by atoms with Gasteiger partial charge in [-0.15, -0.1) is 0 Å². The molecule has 3 nitrogen and oxygen atoms in total. The van der Waals surface area contributed by atoms with Crippen LogP contribution in [0.5, 0.6) is 0 Å². The first-order valence-electron chi connectivity index (χ1n) is 6.49. The summed E-state index contributed by atoms with van der Waals surface area (Å²) in [5, 5.41) is 6.22. The lowest BCUT2D eigenvalue weighted by Gasteiger charge is -2.14. The molecule has 104 valence electrons. The van der Waals surface area contributed by atoms with Crippen LogP contribution in [0.15, 0.2) is 48.5 Å². The Morgan fingerprint density at radius 2 is 1.80 bits per heavy atom. The SMILES string of the molecule is CC(C)c1ccccc1NC(=O)Nc1cccc(Cl)c1. The number of rotatable bonds is 3. The minimum atomic E-state index is -0.277. The molecule has 2 aromatic rings. The monoisotopic (exact) mass is 288 g/mol. The summed E-state index contributed by atoms with van der Waals surface area (Å²) in [6, 6.07) is 14.6. The fourth-order valence-corrected chi connectivity index (χ4v) is 2.16. The fourth-order valence-electron chi connectivity index (χ4n) is 1.97. The second kappa shape index (κ2) is 6.44. The van der Waals surface area contributed by atoms with Gasteiger partial charge in [0.05, 0.1) is 0 Å². The zero-order chi connectivity index (χ0) is 14.5. The van der Waals surface area contributed by atoms with E-state index in [1.165, 1.54) is 0 Å². The maximum atomic E-state index is 12.0. The van der Waals surface area contributed by atoms with Gasteiger partial charge < -0.3 is 10.6 Å². The Bertz CT molecular complexity index is 611. The van der Waals surface area contributed by atoms with Gasteiger partial charge >= 0.3 is 6.03 Å². The third-order valence-corrected chi connectivity index (χ3v) is 3.15. The number of para-hydroxylation sites is 1. The molecular weight excluding hydrogens is 272 g/mol. The van der Waals surface area contributed by atoms with Crippen LogP contribution in [0.25, 0.3) is 0 Å². The third-order valence-electron chi connectivity index (χ3n) is 2.91. The summed E-state index contributed by atoms with van der Waals surface area (Å²) in [5.41, 5.74) is 2.59. The van der Waals surface area contributed by atoms with E-state index in [9.17, 15) is 4.79 Å². The van der Waals surface area contributed by atoms with Crippen LogP contribution in [0.2, 0.25) is 5.02 Å². The first kappa shape index (κ1) is 14.4. The molecule has 0 heterocycles. The Balaban J connectivity index is 2.09. The molecule has 4 heteroatoms. The number of benzene rings is 2. The van der Waals surface area contributed by atoms with E-state index in [0.29, 0.717) is 16.6 Å². The molecule has 0 aliphatic rings. The van der Waals surface area contributed by atoms with Crippen LogP contribution < -0.4 is 10.6 Å². The zero-order valence-electron chi connectivity index (χ0n) is 11.5. The van der Waals surface area contributed by atoms with Crippen molar-refractivity contribution in [3.63, 3.8) is 0 Å². The second-order valence-electron chi connectivity index (χ2n) is 4.83.